The molecule has 2 aromatic heterocycles. The van der Waals surface area contributed by atoms with Gasteiger partial charge >= 0.3 is 0 Å². The number of nitrogens with zero attached hydrogens (tertiary/aromatic N) is 3. The highest BCUT2D eigenvalue weighted by molar-refractivity contribution is 6.32. The summed E-state index contributed by atoms with van der Waals surface area (Å²) in [7, 11) is 0. The largest absolute Gasteiger partial charge is 0.456 e. The summed E-state index contributed by atoms with van der Waals surface area (Å²) in [4.78, 5) is 21.8. The van der Waals surface area contributed by atoms with Crippen LogP contribution in [-0.4, -0.2) is 37.7 Å². The van der Waals surface area contributed by atoms with Crippen molar-refractivity contribution in [2.45, 2.75) is 57.5 Å². The van der Waals surface area contributed by atoms with Gasteiger partial charge in [0.15, 0.2) is 5.82 Å². The van der Waals surface area contributed by atoms with E-state index in [2.05, 4.69) is 27.5 Å². The maximum Gasteiger partial charge on any atom is 0.251 e. The molecule has 5 rings (SSSR count). The Labute approximate surface area is 227 Å². The summed E-state index contributed by atoms with van der Waals surface area (Å²) in [6, 6.07) is 14.4. The van der Waals surface area contributed by atoms with Crippen molar-refractivity contribution >= 4 is 40.0 Å². The van der Waals surface area contributed by atoms with Crippen molar-refractivity contribution in [3.05, 3.63) is 71.6 Å². The molecule has 0 saturated heterocycles. The lowest BCUT2D eigenvalue weighted by molar-refractivity contribution is 0.0864. The van der Waals surface area contributed by atoms with Crippen LogP contribution < -0.4 is 15.4 Å². The Bertz CT molecular complexity index is 1430. The lowest BCUT2D eigenvalue weighted by atomic mass is 9.79. The second-order valence-electron chi connectivity index (χ2n) is 9.74. The molecule has 1 amide bonds. The van der Waals surface area contributed by atoms with Crippen LogP contribution in [0.1, 0.15) is 55.8 Å². The van der Waals surface area contributed by atoms with E-state index in [9.17, 15) is 9.90 Å². The van der Waals surface area contributed by atoms with E-state index in [0.29, 0.717) is 34.4 Å². The van der Waals surface area contributed by atoms with Crippen LogP contribution >= 0.6 is 11.6 Å². The number of halogens is 1. The quantitative estimate of drug-likeness (QED) is 0.228. The molecule has 8 nitrogen and oxygen atoms in total. The first-order chi connectivity index (χ1) is 18.5. The Morgan fingerprint density at radius 1 is 1.13 bits per heavy atom. The maximum absolute atomic E-state index is 13.1. The highest BCUT2D eigenvalue weighted by atomic mass is 35.5. The van der Waals surface area contributed by atoms with E-state index in [1.807, 2.05) is 35.0 Å². The van der Waals surface area contributed by atoms with Crippen LogP contribution in [0.15, 0.2) is 61.1 Å². The Kier molecular flexibility index (Phi) is 7.81. The fraction of sp³-hybridized carbons (Fsp3) is 0.345. The van der Waals surface area contributed by atoms with Crippen molar-refractivity contribution in [1.29, 1.82) is 0 Å². The van der Waals surface area contributed by atoms with Crippen LogP contribution in [0.2, 0.25) is 5.02 Å². The number of fused-ring (bicyclic) bond motifs is 1. The van der Waals surface area contributed by atoms with Crippen molar-refractivity contribution < 1.29 is 14.6 Å². The first-order valence-corrected chi connectivity index (χ1v) is 13.5. The Balaban J connectivity index is 1.30. The highest BCUT2D eigenvalue weighted by Gasteiger charge is 2.32. The molecular weight excluding hydrogens is 502 g/mol. The molecule has 0 atom stereocenters. The predicted octanol–water partition coefficient (Wildman–Crippen LogP) is 6.46. The van der Waals surface area contributed by atoms with E-state index < -0.39 is 0 Å². The van der Waals surface area contributed by atoms with Crippen LogP contribution in [0.3, 0.4) is 0 Å². The molecule has 1 saturated carbocycles. The number of rotatable bonds is 9. The number of carbonyl (C=O) groups is 1. The van der Waals surface area contributed by atoms with Gasteiger partial charge in [-0.3, -0.25) is 4.79 Å². The van der Waals surface area contributed by atoms with Gasteiger partial charge in [0.2, 0.25) is 0 Å². The van der Waals surface area contributed by atoms with Crippen LogP contribution in [0.5, 0.6) is 11.5 Å². The van der Waals surface area contributed by atoms with Gasteiger partial charge in [-0.15, -0.1) is 0 Å². The normalized spacial score (nSPS) is 14.8. The average molecular weight is 534 g/mol. The van der Waals surface area contributed by atoms with Gasteiger partial charge in [0.25, 0.3) is 5.91 Å². The first kappa shape index (κ1) is 26.0. The molecule has 0 bridgehead atoms. The predicted molar refractivity (Wildman–Crippen MR) is 149 cm³/mol. The number of aromatic nitrogens is 3. The van der Waals surface area contributed by atoms with Gasteiger partial charge in [-0.05, 0) is 61.7 Å². The monoisotopic (exact) mass is 533 g/mol. The van der Waals surface area contributed by atoms with Gasteiger partial charge in [-0.1, -0.05) is 43.9 Å². The number of ether oxygens (including phenoxy) is 1. The zero-order valence-corrected chi connectivity index (χ0v) is 22.2. The smallest absolute Gasteiger partial charge is 0.251 e. The van der Waals surface area contributed by atoms with Gasteiger partial charge < -0.3 is 25.0 Å². The van der Waals surface area contributed by atoms with Gasteiger partial charge in [0, 0.05) is 29.5 Å². The second kappa shape index (κ2) is 11.4. The number of aliphatic hydroxyl groups is 1. The zero-order chi connectivity index (χ0) is 26.5. The summed E-state index contributed by atoms with van der Waals surface area (Å²) < 4.78 is 7.96. The third kappa shape index (κ3) is 5.61. The fourth-order valence-corrected chi connectivity index (χ4v) is 5.37. The molecule has 2 heterocycles. The van der Waals surface area contributed by atoms with Crippen molar-refractivity contribution in [1.82, 2.24) is 19.9 Å². The average Bonchev–Trinajstić information content (AvgIpc) is 3.35. The van der Waals surface area contributed by atoms with Gasteiger partial charge in [0.05, 0.1) is 17.1 Å². The Morgan fingerprint density at radius 3 is 2.74 bits per heavy atom. The molecule has 4 aromatic rings. The van der Waals surface area contributed by atoms with Gasteiger partial charge in [0.1, 0.15) is 23.3 Å². The molecule has 38 heavy (non-hydrogen) atoms. The molecule has 1 aliphatic carbocycles. The summed E-state index contributed by atoms with van der Waals surface area (Å²) >= 11 is 6.58. The van der Waals surface area contributed by atoms with Crippen LogP contribution in [0.4, 0.5) is 11.5 Å². The molecule has 3 N–H and O–H groups in total. The molecule has 1 fully saturated rings. The lowest BCUT2D eigenvalue weighted by Crippen LogP contribution is -2.49. The van der Waals surface area contributed by atoms with Crippen LogP contribution in [0.25, 0.3) is 11.0 Å². The number of amides is 1. The topological polar surface area (TPSA) is 101 Å². The Morgan fingerprint density at radius 2 is 1.97 bits per heavy atom. The standard InChI is InChI=1S/C29H32ClN5O3/c1-2-29(12-4-3-5-13-29)34-28(37)20-7-6-8-22(17-20)38-25-10-9-21(18-23(25)30)33-27-26-24(31-19-32-27)11-14-35(26)15-16-36/h6-11,14,17-19,36H,2-5,12-13,15-16H2,1H3,(H,34,37)(H,31,32,33). The summed E-state index contributed by atoms with van der Waals surface area (Å²) in [6.07, 6.45) is 9.87. The van der Waals surface area contributed by atoms with E-state index in [1.165, 1.54) is 12.7 Å². The minimum Gasteiger partial charge on any atom is -0.456 e. The zero-order valence-electron chi connectivity index (χ0n) is 21.4. The molecule has 2 aromatic carbocycles. The number of hydrogen-bond acceptors (Lipinski definition) is 6. The van der Waals surface area contributed by atoms with E-state index in [0.717, 1.165) is 48.8 Å². The number of hydrogen-bond donors (Lipinski definition) is 3. The fourth-order valence-electron chi connectivity index (χ4n) is 5.15. The van der Waals surface area contributed by atoms with E-state index in [-0.39, 0.29) is 18.1 Å². The minimum atomic E-state index is -0.118. The minimum absolute atomic E-state index is 0.0122. The van der Waals surface area contributed by atoms with Crippen molar-refractivity contribution in [2.75, 3.05) is 11.9 Å². The number of anilines is 2. The molecule has 0 radical (unpaired) electrons. The SMILES string of the molecule is CCC1(NC(=O)c2cccc(Oc3ccc(Nc4ncnc5ccn(CCO)c45)cc3Cl)c2)CCCCC1. The summed E-state index contributed by atoms with van der Waals surface area (Å²) in [5.74, 6) is 1.55. The molecule has 1 aliphatic rings. The van der Waals surface area contributed by atoms with Crippen LogP contribution in [0, 0.1) is 0 Å². The first-order valence-electron chi connectivity index (χ1n) is 13.1. The van der Waals surface area contributed by atoms with E-state index >= 15 is 0 Å². The summed E-state index contributed by atoms with van der Waals surface area (Å²) in [5.41, 5.74) is 2.75. The second-order valence-corrected chi connectivity index (χ2v) is 10.1. The van der Waals surface area contributed by atoms with E-state index in [1.54, 1.807) is 24.3 Å². The van der Waals surface area contributed by atoms with Crippen molar-refractivity contribution in [3.63, 3.8) is 0 Å². The highest BCUT2D eigenvalue weighted by Crippen LogP contribution is 2.34. The van der Waals surface area contributed by atoms with Crippen LogP contribution in [-0.2, 0) is 6.54 Å². The van der Waals surface area contributed by atoms with Crippen molar-refractivity contribution in [2.24, 2.45) is 0 Å². The molecule has 0 spiro atoms. The number of benzene rings is 2. The third-order valence-corrected chi connectivity index (χ3v) is 7.57. The number of carbonyl (C=O) groups excluding carboxylic acids is 1. The lowest BCUT2D eigenvalue weighted by Gasteiger charge is -2.37. The van der Waals surface area contributed by atoms with Gasteiger partial charge in [-0.25, -0.2) is 9.97 Å². The van der Waals surface area contributed by atoms with Gasteiger partial charge in [-0.2, -0.15) is 0 Å². The van der Waals surface area contributed by atoms with Crippen molar-refractivity contribution in [3.8, 4) is 11.5 Å². The molecule has 0 aliphatic heterocycles. The maximum atomic E-state index is 13.1. The number of aliphatic hydroxyl groups excluding tert-OH is 1. The molecular formula is C29H32ClN5O3. The number of nitrogens with one attached hydrogen (secondary N) is 2. The molecule has 0 unspecified atom stereocenters. The third-order valence-electron chi connectivity index (χ3n) is 7.28. The summed E-state index contributed by atoms with van der Waals surface area (Å²) in [5, 5.41) is 16.4. The molecule has 198 valence electrons. The summed E-state index contributed by atoms with van der Waals surface area (Å²) in [6.45, 7) is 2.60. The van der Waals surface area contributed by atoms with E-state index in [4.69, 9.17) is 16.3 Å². The Hall–Kier alpha value is -3.62. The molecule has 9 heteroatoms.